The van der Waals surface area contributed by atoms with Gasteiger partial charge in [-0.3, -0.25) is 4.79 Å². The Kier molecular flexibility index (Phi) is 6.12. The summed E-state index contributed by atoms with van der Waals surface area (Å²) in [4.78, 5) is 15.3. The van der Waals surface area contributed by atoms with E-state index in [1.54, 1.807) is 14.2 Å². The molecule has 0 radical (unpaired) electrons. The van der Waals surface area contributed by atoms with Crippen LogP contribution in [0, 0.1) is 0 Å². The molecule has 1 heterocycles. The van der Waals surface area contributed by atoms with Gasteiger partial charge in [-0.2, -0.15) is 0 Å². The van der Waals surface area contributed by atoms with Crippen LogP contribution < -0.4 is 19.7 Å². The fourth-order valence-corrected chi connectivity index (χ4v) is 4.32. The minimum Gasteiger partial charge on any atom is -0.493 e. The van der Waals surface area contributed by atoms with Crippen LogP contribution in [0.25, 0.3) is 0 Å². The minimum absolute atomic E-state index is 0.0729. The summed E-state index contributed by atoms with van der Waals surface area (Å²) in [5.41, 5.74) is 4.10. The van der Waals surface area contributed by atoms with Gasteiger partial charge in [0, 0.05) is 17.4 Å². The quantitative estimate of drug-likeness (QED) is 0.598. The Morgan fingerprint density at radius 1 is 0.968 bits per heavy atom. The third kappa shape index (κ3) is 4.36. The van der Waals surface area contributed by atoms with E-state index < -0.39 is 0 Å². The molecule has 0 aliphatic carbocycles. The number of rotatable bonds is 6. The molecule has 0 unspecified atom stereocenters. The van der Waals surface area contributed by atoms with Crippen LogP contribution in [0.3, 0.4) is 0 Å². The number of para-hydroxylation sites is 2. The van der Waals surface area contributed by atoms with Crippen LogP contribution >= 0.6 is 0 Å². The van der Waals surface area contributed by atoms with Crippen LogP contribution in [0.4, 0.5) is 11.4 Å². The van der Waals surface area contributed by atoms with Gasteiger partial charge in [0.1, 0.15) is 0 Å². The number of methoxy groups -OCH3 is 2. The number of carbonyl (C=O) groups is 1. The van der Waals surface area contributed by atoms with Crippen molar-refractivity contribution in [3.05, 3.63) is 83.9 Å². The molecule has 3 aromatic carbocycles. The molecule has 5 heteroatoms. The van der Waals surface area contributed by atoms with E-state index >= 15 is 0 Å². The van der Waals surface area contributed by atoms with Crippen molar-refractivity contribution < 1.29 is 14.3 Å². The average Bonchev–Trinajstić information content (AvgIpc) is 2.79. The number of nitrogens with zero attached hydrogens (tertiary/aromatic N) is 1. The number of nitrogens with one attached hydrogen (secondary N) is 1. The first-order valence-corrected chi connectivity index (χ1v) is 10.5. The Labute approximate surface area is 183 Å². The second-order valence-electron chi connectivity index (χ2n) is 7.84. The van der Waals surface area contributed by atoms with Crippen molar-refractivity contribution in [1.82, 2.24) is 0 Å². The molecule has 1 aliphatic heterocycles. The van der Waals surface area contributed by atoms with Gasteiger partial charge in [-0.15, -0.1) is 0 Å². The summed E-state index contributed by atoms with van der Waals surface area (Å²) < 4.78 is 10.7. The Balaban J connectivity index is 1.59. The number of fused-ring (bicyclic) bond motifs is 1. The smallest absolute Gasteiger partial charge is 0.231 e. The fraction of sp³-hybridized carbons (Fsp3) is 0.269. The summed E-state index contributed by atoms with van der Waals surface area (Å²) in [6, 6.07) is 24.2. The lowest BCUT2D eigenvalue weighted by atomic mass is 9.91. The molecule has 2 atom stereocenters. The summed E-state index contributed by atoms with van der Waals surface area (Å²) in [7, 11) is 3.21. The van der Waals surface area contributed by atoms with E-state index in [1.165, 1.54) is 0 Å². The molecular formula is C26H28N2O3. The first kappa shape index (κ1) is 20.8. The second-order valence-corrected chi connectivity index (χ2v) is 7.84. The number of benzene rings is 3. The van der Waals surface area contributed by atoms with Crippen LogP contribution in [-0.2, 0) is 11.2 Å². The maximum absolute atomic E-state index is 13.4. The van der Waals surface area contributed by atoms with Gasteiger partial charge in [0.15, 0.2) is 11.5 Å². The topological polar surface area (TPSA) is 50.8 Å². The molecular weight excluding hydrogens is 388 g/mol. The van der Waals surface area contributed by atoms with Gasteiger partial charge in [0.2, 0.25) is 5.91 Å². The van der Waals surface area contributed by atoms with Crippen molar-refractivity contribution in [2.75, 3.05) is 24.4 Å². The molecule has 0 bridgehead atoms. The molecule has 0 fully saturated rings. The Hall–Kier alpha value is -3.47. The monoisotopic (exact) mass is 416 g/mol. The SMILES string of the molecule is COc1ccc(CC(=O)N2c3ccccc3[C@H](Nc3ccccc3)C[C@@H]2C)cc1OC. The molecule has 0 saturated heterocycles. The molecule has 0 spiro atoms. The van der Waals surface area contributed by atoms with E-state index in [-0.39, 0.29) is 18.0 Å². The van der Waals surface area contributed by atoms with Crippen LogP contribution in [0.15, 0.2) is 72.8 Å². The van der Waals surface area contributed by atoms with Crippen molar-refractivity contribution in [2.45, 2.75) is 31.8 Å². The largest absolute Gasteiger partial charge is 0.493 e. The number of hydrogen-bond donors (Lipinski definition) is 1. The maximum Gasteiger partial charge on any atom is 0.231 e. The Morgan fingerprint density at radius 2 is 1.68 bits per heavy atom. The predicted octanol–water partition coefficient (Wildman–Crippen LogP) is 5.22. The maximum atomic E-state index is 13.4. The van der Waals surface area contributed by atoms with E-state index in [0.29, 0.717) is 17.9 Å². The van der Waals surface area contributed by atoms with E-state index in [2.05, 4.69) is 30.4 Å². The molecule has 0 saturated carbocycles. The molecule has 1 N–H and O–H groups in total. The van der Waals surface area contributed by atoms with Crippen molar-refractivity contribution in [3.63, 3.8) is 0 Å². The zero-order chi connectivity index (χ0) is 21.8. The predicted molar refractivity (Wildman–Crippen MR) is 124 cm³/mol. The molecule has 31 heavy (non-hydrogen) atoms. The van der Waals surface area contributed by atoms with E-state index in [4.69, 9.17) is 9.47 Å². The molecule has 160 valence electrons. The summed E-state index contributed by atoms with van der Waals surface area (Å²) in [6.07, 6.45) is 1.14. The number of anilines is 2. The van der Waals surface area contributed by atoms with Crippen LogP contribution in [0.2, 0.25) is 0 Å². The standard InChI is InChI=1S/C26H28N2O3/c1-18-15-22(27-20-9-5-4-6-10-20)21-11-7-8-12-23(21)28(18)26(29)17-19-13-14-24(30-2)25(16-19)31-3/h4-14,16,18,22,27H,15,17H2,1-3H3/t18-,22+/m0/s1. The zero-order valence-electron chi connectivity index (χ0n) is 18.2. The summed E-state index contributed by atoms with van der Waals surface area (Å²) in [5, 5.41) is 3.64. The molecule has 1 amide bonds. The molecule has 0 aromatic heterocycles. The lowest BCUT2D eigenvalue weighted by molar-refractivity contribution is -0.118. The highest BCUT2D eigenvalue weighted by atomic mass is 16.5. The molecule has 3 aromatic rings. The summed E-state index contributed by atoms with van der Waals surface area (Å²) in [6.45, 7) is 2.11. The van der Waals surface area contributed by atoms with Crippen molar-refractivity contribution in [2.24, 2.45) is 0 Å². The van der Waals surface area contributed by atoms with Gasteiger partial charge in [0.25, 0.3) is 0 Å². The normalized spacial score (nSPS) is 17.6. The summed E-state index contributed by atoms with van der Waals surface area (Å²) in [5.74, 6) is 1.36. The van der Waals surface area contributed by atoms with E-state index in [0.717, 1.165) is 28.9 Å². The lowest BCUT2D eigenvalue weighted by Gasteiger charge is -2.40. The highest BCUT2D eigenvalue weighted by molar-refractivity contribution is 5.96. The minimum atomic E-state index is 0.0729. The Morgan fingerprint density at radius 3 is 2.42 bits per heavy atom. The van der Waals surface area contributed by atoms with Crippen molar-refractivity contribution in [1.29, 1.82) is 0 Å². The lowest BCUT2D eigenvalue weighted by Crippen LogP contribution is -2.45. The van der Waals surface area contributed by atoms with Gasteiger partial charge in [-0.1, -0.05) is 42.5 Å². The first-order chi connectivity index (χ1) is 15.1. The van der Waals surface area contributed by atoms with Gasteiger partial charge in [-0.05, 0) is 54.8 Å². The van der Waals surface area contributed by atoms with E-state index in [1.807, 2.05) is 59.5 Å². The third-order valence-electron chi connectivity index (χ3n) is 5.78. The average molecular weight is 417 g/mol. The number of amides is 1. The zero-order valence-corrected chi connectivity index (χ0v) is 18.2. The van der Waals surface area contributed by atoms with Gasteiger partial charge in [-0.25, -0.2) is 0 Å². The highest BCUT2D eigenvalue weighted by Crippen LogP contribution is 2.39. The third-order valence-corrected chi connectivity index (χ3v) is 5.78. The van der Waals surface area contributed by atoms with Gasteiger partial charge in [0.05, 0.1) is 26.7 Å². The van der Waals surface area contributed by atoms with Crippen LogP contribution in [0.1, 0.15) is 30.5 Å². The fourth-order valence-electron chi connectivity index (χ4n) is 4.32. The summed E-state index contributed by atoms with van der Waals surface area (Å²) >= 11 is 0. The number of ether oxygens (including phenoxy) is 2. The number of hydrogen-bond acceptors (Lipinski definition) is 4. The first-order valence-electron chi connectivity index (χ1n) is 10.5. The number of carbonyl (C=O) groups excluding carboxylic acids is 1. The molecule has 4 rings (SSSR count). The Bertz CT molecular complexity index is 1050. The van der Waals surface area contributed by atoms with Crippen molar-refractivity contribution in [3.8, 4) is 11.5 Å². The highest BCUT2D eigenvalue weighted by Gasteiger charge is 2.33. The molecule has 5 nitrogen and oxygen atoms in total. The van der Waals surface area contributed by atoms with E-state index in [9.17, 15) is 4.79 Å². The van der Waals surface area contributed by atoms with Crippen LogP contribution in [0.5, 0.6) is 11.5 Å². The van der Waals surface area contributed by atoms with Crippen molar-refractivity contribution >= 4 is 17.3 Å². The van der Waals surface area contributed by atoms with Gasteiger partial charge >= 0.3 is 0 Å². The molecule has 1 aliphatic rings. The second kappa shape index (κ2) is 9.13. The van der Waals surface area contributed by atoms with Crippen LogP contribution in [-0.4, -0.2) is 26.2 Å². The van der Waals surface area contributed by atoms with Gasteiger partial charge < -0.3 is 19.7 Å².